The van der Waals surface area contributed by atoms with Crippen molar-refractivity contribution < 1.29 is 9.53 Å². The maximum absolute atomic E-state index is 12.8. The first-order chi connectivity index (χ1) is 12.2. The second-order valence-electron chi connectivity index (χ2n) is 6.64. The molecule has 0 unspecified atom stereocenters. The number of ether oxygens (including phenoxy) is 1. The van der Waals surface area contributed by atoms with Crippen molar-refractivity contribution in [2.45, 2.75) is 25.4 Å². The molecule has 2 bridgehead atoms. The minimum absolute atomic E-state index is 0.0874. The van der Waals surface area contributed by atoms with Gasteiger partial charge in [0.05, 0.1) is 19.2 Å². The standard InChI is InChI=1S/C17H21N5O2S/c1-24-17-20-19-15(25-17)11-21-8-12-4-5-14(21)10-22(9-12)16(23)13-3-2-6-18-7-13/h2-3,6-7,12,14H,4-5,8-11H2,1H3/t12-,14-/m1/s1. The number of carbonyl (C=O) groups excluding carboxylic acids is 1. The summed E-state index contributed by atoms with van der Waals surface area (Å²) in [6, 6.07) is 4.02. The molecule has 2 aromatic heterocycles. The molecule has 5 rings (SSSR count). The lowest BCUT2D eigenvalue weighted by Crippen LogP contribution is -2.43. The van der Waals surface area contributed by atoms with Crippen LogP contribution in [0.5, 0.6) is 5.19 Å². The van der Waals surface area contributed by atoms with Crippen molar-refractivity contribution in [3.63, 3.8) is 0 Å². The summed E-state index contributed by atoms with van der Waals surface area (Å²) in [6.45, 7) is 3.36. The summed E-state index contributed by atoms with van der Waals surface area (Å²) in [4.78, 5) is 21.3. The van der Waals surface area contributed by atoms with E-state index in [1.165, 1.54) is 17.8 Å². The molecule has 3 saturated heterocycles. The summed E-state index contributed by atoms with van der Waals surface area (Å²) in [5.74, 6) is 0.596. The monoisotopic (exact) mass is 359 g/mol. The summed E-state index contributed by atoms with van der Waals surface area (Å²) < 4.78 is 5.14. The van der Waals surface area contributed by atoms with Crippen molar-refractivity contribution in [2.24, 2.45) is 5.92 Å². The Morgan fingerprint density at radius 2 is 2.24 bits per heavy atom. The first-order valence-electron chi connectivity index (χ1n) is 8.52. The molecule has 2 atom stereocenters. The Hall–Kier alpha value is -2.06. The molecule has 0 radical (unpaired) electrons. The van der Waals surface area contributed by atoms with Crippen LogP contribution in [-0.2, 0) is 6.54 Å². The Balaban J connectivity index is 1.47. The maximum atomic E-state index is 12.8. The van der Waals surface area contributed by atoms with Gasteiger partial charge in [-0.15, -0.1) is 10.2 Å². The van der Waals surface area contributed by atoms with Gasteiger partial charge in [-0.1, -0.05) is 11.3 Å². The number of piperidine rings is 1. The molecule has 0 spiro atoms. The Kier molecular flexibility index (Phi) is 4.63. The Morgan fingerprint density at radius 3 is 3.00 bits per heavy atom. The molecule has 1 amide bonds. The third-order valence-corrected chi connectivity index (χ3v) is 5.85. The van der Waals surface area contributed by atoms with E-state index in [9.17, 15) is 4.79 Å². The van der Waals surface area contributed by atoms with Crippen molar-refractivity contribution in [3.05, 3.63) is 35.1 Å². The van der Waals surface area contributed by atoms with Gasteiger partial charge in [-0.2, -0.15) is 0 Å². The molecule has 132 valence electrons. The van der Waals surface area contributed by atoms with Crippen LogP contribution in [0.2, 0.25) is 0 Å². The fourth-order valence-corrected chi connectivity index (χ4v) is 4.45. The highest BCUT2D eigenvalue weighted by Gasteiger charge is 2.37. The minimum Gasteiger partial charge on any atom is -0.472 e. The predicted octanol–water partition coefficient (Wildman–Crippen LogP) is 1.68. The quantitative estimate of drug-likeness (QED) is 0.827. The lowest BCUT2D eigenvalue weighted by molar-refractivity contribution is 0.0735. The number of amides is 1. The molecule has 0 aromatic carbocycles. The van der Waals surface area contributed by atoms with Gasteiger partial charge in [0.15, 0.2) is 0 Å². The Morgan fingerprint density at radius 1 is 1.32 bits per heavy atom. The molecule has 2 aromatic rings. The lowest BCUT2D eigenvalue weighted by atomic mass is 9.95. The molecule has 8 heteroatoms. The zero-order valence-electron chi connectivity index (χ0n) is 14.2. The van der Waals surface area contributed by atoms with E-state index in [0.29, 0.717) is 22.7 Å². The third kappa shape index (κ3) is 3.50. The van der Waals surface area contributed by atoms with Crippen LogP contribution in [0.1, 0.15) is 28.2 Å². The number of aromatic nitrogens is 3. The number of nitrogens with zero attached hydrogens (tertiary/aromatic N) is 5. The number of pyridine rings is 1. The van der Waals surface area contributed by atoms with Gasteiger partial charge in [-0.3, -0.25) is 14.7 Å². The van der Waals surface area contributed by atoms with Gasteiger partial charge in [0.1, 0.15) is 5.01 Å². The maximum Gasteiger partial charge on any atom is 0.293 e. The van der Waals surface area contributed by atoms with Crippen molar-refractivity contribution >= 4 is 17.2 Å². The van der Waals surface area contributed by atoms with Crippen LogP contribution in [0.25, 0.3) is 0 Å². The van der Waals surface area contributed by atoms with Gasteiger partial charge in [0.2, 0.25) is 0 Å². The molecular formula is C17H21N5O2S. The first kappa shape index (κ1) is 16.4. The lowest BCUT2D eigenvalue weighted by Gasteiger charge is -2.35. The van der Waals surface area contributed by atoms with Crippen LogP contribution >= 0.6 is 11.3 Å². The highest BCUT2D eigenvalue weighted by molar-refractivity contribution is 7.13. The van der Waals surface area contributed by atoms with Gasteiger partial charge in [0.25, 0.3) is 11.1 Å². The van der Waals surface area contributed by atoms with E-state index in [2.05, 4.69) is 20.1 Å². The summed E-state index contributed by atoms with van der Waals surface area (Å²) in [7, 11) is 1.61. The summed E-state index contributed by atoms with van der Waals surface area (Å²) in [5.41, 5.74) is 0.671. The number of hydrogen-bond donors (Lipinski definition) is 0. The summed E-state index contributed by atoms with van der Waals surface area (Å²) in [5, 5.41) is 9.79. The summed E-state index contributed by atoms with van der Waals surface area (Å²) >= 11 is 1.49. The fraction of sp³-hybridized carbons (Fsp3) is 0.529. The molecule has 7 nitrogen and oxygen atoms in total. The van der Waals surface area contributed by atoms with E-state index in [4.69, 9.17) is 4.74 Å². The fourth-order valence-electron chi connectivity index (χ4n) is 3.77. The van der Waals surface area contributed by atoms with Crippen LogP contribution in [0, 0.1) is 5.92 Å². The van der Waals surface area contributed by atoms with Crippen LogP contribution in [0.15, 0.2) is 24.5 Å². The third-order valence-electron chi connectivity index (χ3n) is 4.98. The zero-order chi connectivity index (χ0) is 17.2. The minimum atomic E-state index is 0.0874. The van der Waals surface area contributed by atoms with Crippen LogP contribution in [-0.4, -0.2) is 63.7 Å². The molecular weight excluding hydrogens is 338 g/mol. The Bertz CT molecular complexity index is 738. The first-order valence-corrected chi connectivity index (χ1v) is 9.34. The molecule has 0 saturated carbocycles. The summed E-state index contributed by atoms with van der Waals surface area (Å²) in [6.07, 6.45) is 5.65. The van der Waals surface area contributed by atoms with Gasteiger partial charge in [0, 0.05) is 38.1 Å². The number of carbonyl (C=O) groups is 1. The van der Waals surface area contributed by atoms with Gasteiger partial charge in [-0.25, -0.2) is 0 Å². The highest BCUT2D eigenvalue weighted by Crippen LogP contribution is 2.30. The van der Waals surface area contributed by atoms with E-state index in [1.54, 1.807) is 19.5 Å². The largest absolute Gasteiger partial charge is 0.472 e. The van der Waals surface area contributed by atoms with Crippen molar-refractivity contribution in [3.8, 4) is 5.19 Å². The molecule has 0 N–H and O–H groups in total. The van der Waals surface area contributed by atoms with Crippen molar-refractivity contribution in [1.29, 1.82) is 0 Å². The second kappa shape index (κ2) is 7.05. The van der Waals surface area contributed by atoms with Gasteiger partial charge < -0.3 is 9.64 Å². The highest BCUT2D eigenvalue weighted by atomic mass is 32.1. The van der Waals surface area contributed by atoms with Gasteiger partial charge in [-0.05, 0) is 30.9 Å². The van der Waals surface area contributed by atoms with E-state index in [-0.39, 0.29) is 5.91 Å². The van der Waals surface area contributed by atoms with E-state index in [1.807, 2.05) is 17.0 Å². The van der Waals surface area contributed by atoms with Crippen LogP contribution in [0.3, 0.4) is 0 Å². The van der Waals surface area contributed by atoms with Crippen LogP contribution in [0.4, 0.5) is 0 Å². The van der Waals surface area contributed by atoms with Crippen molar-refractivity contribution in [2.75, 3.05) is 26.7 Å². The van der Waals surface area contributed by atoms with Crippen LogP contribution < -0.4 is 4.74 Å². The number of rotatable bonds is 4. The van der Waals surface area contributed by atoms with E-state index in [0.717, 1.165) is 37.6 Å². The average Bonchev–Trinajstić information content (AvgIpc) is 2.91. The number of hydrogen-bond acceptors (Lipinski definition) is 7. The number of fused-ring (bicyclic) bond motifs is 4. The topological polar surface area (TPSA) is 71.5 Å². The predicted molar refractivity (Wildman–Crippen MR) is 93.5 cm³/mol. The van der Waals surface area contributed by atoms with E-state index >= 15 is 0 Å². The van der Waals surface area contributed by atoms with E-state index < -0.39 is 0 Å². The molecule has 25 heavy (non-hydrogen) atoms. The van der Waals surface area contributed by atoms with Gasteiger partial charge >= 0.3 is 0 Å². The smallest absolute Gasteiger partial charge is 0.293 e. The Labute approximate surface area is 150 Å². The normalized spacial score (nSPS) is 23.5. The zero-order valence-corrected chi connectivity index (χ0v) is 15.0. The molecule has 3 aliphatic heterocycles. The molecule has 5 heterocycles. The molecule has 0 aliphatic carbocycles. The number of methoxy groups -OCH3 is 1. The average molecular weight is 359 g/mol. The molecule has 3 fully saturated rings. The second-order valence-corrected chi connectivity index (χ2v) is 7.67. The molecule has 3 aliphatic rings. The SMILES string of the molecule is COc1nnc(CN2C[C@H]3CC[C@@H]2CN(C(=O)c2cccnc2)C3)s1. The van der Waals surface area contributed by atoms with Crippen molar-refractivity contribution in [1.82, 2.24) is 25.0 Å².